The van der Waals surface area contributed by atoms with E-state index in [0.717, 1.165) is 6.20 Å². The van der Waals surface area contributed by atoms with Gasteiger partial charge in [0.25, 0.3) is 0 Å². The zero-order valence-corrected chi connectivity index (χ0v) is 6.39. The smallest absolute Gasteiger partial charge is 0.264 e. The molecule has 0 saturated heterocycles. The average Bonchev–Trinajstić information content (AvgIpc) is 2.03. The Morgan fingerprint density at radius 3 is 2.50 bits per heavy atom. The Balaban J connectivity index is 3.14. The average molecular weight is 174 g/mol. The Bertz CT molecular complexity index is 267. The van der Waals surface area contributed by atoms with Gasteiger partial charge < -0.3 is 0 Å². The van der Waals surface area contributed by atoms with Gasteiger partial charge in [0.05, 0.1) is 5.56 Å². The molecule has 0 aliphatic carbocycles. The minimum absolute atomic E-state index is 0.164. The van der Waals surface area contributed by atoms with E-state index in [1.54, 1.807) is 6.92 Å². The number of hydrogen-bond donors (Lipinski definition) is 0. The van der Waals surface area contributed by atoms with Crippen molar-refractivity contribution in [2.45, 2.75) is 13.1 Å². The molecule has 4 heteroatoms. The lowest BCUT2D eigenvalue weighted by atomic mass is 10.1. The summed E-state index contributed by atoms with van der Waals surface area (Å²) in [4.78, 5) is 3.42. The van der Waals surface area contributed by atoms with E-state index in [1.807, 2.05) is 0 Å². The molecule has 1 radical (unpaired) electrons. The van der Waals surface area contributed by atoms with Crippen LogP contribution in [0.5, 0.6) is 0 Å². The highest BCUT2D eigenvalue weighted by Crippen LogP contribution is 2.31. The third kappa shape index (κ3) is 1.75. The van der Waals surface area contributed by atoms with Gasteiger partial charge in [-0.2, -0.15) is 13.2 Å². The second kappa shape index (κ2) is 3.13. The van der Waals surface area contributed by atoms with Gasteiger partial charge in [0.2, 0.25) is 0 Å². The summed E-state index contributed by atoms with van der Waals surface area (Å²) in [5, 5.41) is 0. The second-order valence-corrected chi connectivity index (χ2v) is 2.25. The molecule has 0 bridgehead atoms. The lowest BCUT2D eigenvalue weighted by Crippen LogP contribution is -2.08. The molecule has 0 fully saturated rings. The zero-order valence-electron chi connectivity index (χ0n) is 6.39. The maximum absolute atomic E-state index is 12.2. The van der Waals surface area contributed by atoms with Gasteiger partial charge in [0.1, 0.15) is 0 Å². The van der Waals surface area contributed by atoms with Gasteiger partial charge in [-0.25, -0.2) is 0 Å². The molecule has 1 aromatic heterocycles. The molecule has 0 saturated carbocycles. The monoisotopic (exact) mass is 174 g/mol. The van der Waals surface area contributed by atoms with E-state index in [0.29, 0.717) is 0 Å². The topological polar surface area (TPSA) is 12.9 Å². The van der Waals surface area contributed by atoms with Gasteiger partial charge in [-0.3, -0.25) is 4.98 Å². The van der Waals surface area contributed by atoms with Crippen molar-refractivity contribution in [3.63, 3.8) is 0 Å². The predicted octanol–water partition coefficient (Wildman–Crippen LogP) is 2.67. The first-order chi connectivity index (χ1) is 5.55. The quantitative estimate of drug-likeness (QED) is 0.637. The Morgan fingerprint density at radius 1 is 1.42 bits per heavy atom. The van der Waals surface area contributed by atoms with E-state index in [2.05, 4.69) is 4.98 Å². The third-order valence-electron chi connectivity index (χ3n) is 1.47. The molecule has 0 aromatic carbocycles. The molecule has 0 amide bonds. The molecule has 12 heavy (non-hydrogen) atoms. The molecule has 0 spiro atoms. The van der Waals surface area contributed by atoms with Crippen LogP contribution < -0.4 is 0 Å². The molecule has 0 unspecified atom stereocenters. The first-order valence-electron chi connectivity index (χ1n) is 3.36. The van der Waals surface area contributed by atoms with E-state index in [9.17, 15) is 13.2 Å². The SMILES string of the molecule is C[CH]c1ccncc1C(F)(F)F. The van der Waals surface area contributed by atoms with E-state index in [4.69, 9.17) is 0 Å². The summed E-state index contributed by atoms with van der Waals surface area (Å²) in [6.45, 7) is 1.56. The molecule has 0 atom stereocenters. The van der Waals surface area contributed by atoms with E-state index in [1.165, 1.54) is 18.7 Å². The molecule has 0 N–H and O–H groups in total. The highest BCUT2D eigenvalue weighted by molar-refractivity contribution is 5.31. The zero-order chi connectivity index (χ0) is 9.19. The van der Waals surface area contributed by atoms with Crippen molar-refractivity contribution >= 4 is 0 Å². The van der Waals surface area contributed by atoms with Crippen molar-refractivity contribution in [2.75, 3.05) is 0 Å². The van der Waals surface area contributed by atoms with E-state index >= 15 is 0 Å². The molecular formula is C8H7F3N. The van der Waals surface area contributed by atoms with Gasteiger partial charge in [0.15, 0.2) is 0 Å². The van der Waals surface area contributed by atoms with Crippen LogP contribution in [0.3, 0.4) is 0 Å². The van der Waals surface area contributed by atoms with Crippen molar-refractivity contribution in [2.24, 2.45) is 0 Å². The highest BCUT2D eigenvalue weighted by Gasteiger charge is 2.32. The standard InChI is InChI=1S/C8H7F3N/c1-2-6-3-4-12-5-7(6)8(9,10)11/h2-5H,1H3. The van der Waals surface area contributed by atoms with Gasteiger partial charge >= 0.3 is 6.18 Å². The summed E-state index contributed by atoms with van der Waals surface area (Å²) in [7, 11) is 0. The van der Waals surface area contributed by atoms with E-state index in [-0.39, 0.29) is 5.56 Å². The third-order valence-corrected chi connectivity index (χ3v) is 1.47. The van der Waals surface area contributed by atoms with Crippen LogP contribution in [-0.2, 0) is 6.18 Å². The maximum atomic E-state index is 12.2. The van der Waals surface area contributed by atoms with Crippen LogP contribution in [0.25, 0.3) is 0 Å². The minimum atomic E-state index is -4.31. The summed E-state index contributed by atoms with van der Waals surface area (Å²) < 4.78 is 36.5. The number of halogens is 3. The molecular weight excluding hydrogens is 167 g/mol. The maximum Gasteiger partial charge on any atom is 0.418 e. The summed E-state index contributed by atoms with van der Waals surface area (Å²) in [5.74, 6) is 0. The second-order valence-electron chi connectivity index (χ2n) is 2.25. The lowest BCUT2D eigenvalue weighted by Gasteiger charge is -2.09. The number of aromatic nitrogens is 1. The van der Waals surface area contributed by atoms with E-state index < -0.39 is 11.7 Å². The van der Waals surface area contributed by atoms with Crippen molar-refractivity contribution in [1.29, 1.82) is 0 Å². The first kappa shape index (κ1) is 9.03. The normalized spacial score (nSPS) is 11.7. The fourth-order valence-corrected chi connectivity index (χ4v) is 0.894. The number of rotatable bonds is 1. The number of alkyl halides is 3. The van der Waals surface area contributed by atoms with Crippen LogP contribution in [0.4, 0.5) is 13.2 Å². The van der Waals surface area contributed by atoms with Crippen LogP contribution >= 0.6 is 0 Å². The van der Waals surface area contributed by atoms with Crippen molar-refractivity contribution < 1.29 is 13.2 Å². The van der Waals surface area contributed by atoms with Gasteiger partial charge in [-0.15, -0.1) is 0 Å². The van der Waals surface area contributed by atoms with Gasteiger partial charge in [0, 0.05) is 12.4 Å². The Kier molecular flexibility index (Phi) is 2.35. The predicted molar refractivity (Wildman–Crippen MR) is 38.3 cm³/mol. The van der Waals surface area contributed by atoms with Crippen LogP contribution in [-0.4, -0.2) is 4.98 Å². The Hall–Kier alpha value is -1.06. The van der Waals surface area contributed by atoms with Crippen LogP contribution in [0.2, 0.25) is 0 Å². The molecule has 1 aromatic rings. The number of pyridine rings is 1. The Morgan fingerprint density at radius 2 is 2.08 bits per heavy atom. The van der Waals surface area contributed by atoms with Crippen molar-refractivity contribution in [3.8, 4) is 0 Å². The summed E-state index contributed by atoms with van der Waals surface area (Å²) >= 11 is 0. The molecule has 1 rings (SSSR count). The van der Waals surface area contributed by atoms with Crippen LogP contribution in [0.1, 0.15) is 18.1 Å². The fourth-order valence-electron chi connectivity index (χ4n) is 0.894. The minimum Gasteiger partial charge on any atom is -0.264 e. The summed E-state index contributed by atoms with van der Waals surface area (Å²) in [6, 6.07) is 1.34. The largest absolute Gasteiger partial charge is 0.418 e. The fraction of sp³-hybridized carbons (Fsp3) is 0.250. The summed E-state index contributed by atoms with van der Waals surface area (Å²) in [6.07, 6.45) is -0.736. The van der Waals surface area contributed by atoms with Crippen molar-refractivity contribution in [3.05, 3.63) is 36.0 Å². The molecule has 0 aliphatic heterocycles. The van der Waals surface area contributed by atoms with Crippen LogP contribution in [0.15, 0.2) is 18.5 Å². The number of hydrogen-bond acceptors (Lipinski definition) is 1. The van der Waals surface area contributed by atoms with Gasteiger partial charge in [-0.1, -0.05) is 6.92 Å². The Labute approximate surface area is 68.2 Å². The van der Waals surface area contributed by atoms with Gasteiger partial charge in [-0.05, 0) is 18.1 Å². The molecule has 1 heterocycles. The lowest BCUT2D eigenvalue weighted by molar-refractivity contribution is -0.138. The first-order valence-corrected chi connectivity index (χ1v) is 3.36. The molecule has 0 aliphatic rings. The van der Waals surface area contributed by atoms with Crippen molar-refractivity contribution in [1.82, 2.24) is 4.98 Å². The highest BCUT2D eigenvalue weighted by atomic mass is 19.4. The van der Waals surface area contributed by atoms with Crippen LogP contribution in [0, 0.1) is 6.42 Å². The number of nitrogens with zero attached hydrogens (tertiary/aromatic N) is 1. The molecule has 1 nitrogen and oxygen atoms in total. The summed E-state index contributed by atoms with van der Waals surface area (Å²) in [5.41, 5.74) is -0.523. The molecule has 65 valence electrons.